The Balaban J connectivity index is 1.81. The second kappa shape index (κ2) is 5.68. The maximum atomic E-state index is 11.9. The number of hydrogen-bond acceptors (Lipinski definition) is 4. The lowest BCUT2D eigenvalue weighted by Crippen LogP contribution is -2.36. The average molecular weight is 264 g/mol. The van der Waals surface area contributed by atoms with Crippen LogP contribution in [0.4, 0.5) is 5.69 Å². The Morgan fingerprint density at radius 3 is 3.06 bits per heavy atom. The minimum absolute atomic E-state index is 0.0211. The summed E-state index contributed by atoms with van der Waals surface area (Å²) >= 11 is 1.64. The molecule has 18 heavy (non-hydrogen) atoms. The number of amides is 1. The number of carbonyl (C=O) groups excluding carboxylic acids is 1. The van der Waals surface area contributed by atoms with Gasteiger partial charge in [-0.3, -0.25) is 9.48 Å². The van der Waals surface area contributed by atoms with E-state index in [-0.39, 0.29) is 11.9 Å². The van der Waals surface area contributed by atoms with E-state index in [0.717, 1.165) is 10.6 Å². The molecule has 0 aliphatic carbocycles. The van der Waals surface area contributed by atoms with Crippen LogP contribution in [-0.2, 0) is 18.4 Å². The van der Waals surface area contributed by atoms with Crippen LogP contribution in [-0.4, -0.2) is 21.7 Å². The third-order valence-electron chi connectivity index (χ3n) is 2.50. The fourth-order valence-electron chi connectivity index (χ4n) is 1.55. The molecule has 0 saturated heterocycles. The largest absolute Gasteiger partial charge is 0.371 e. The highest BCUT2D eigenvalue weighted by Crippen LogP contribution is 2.08. The van der Waals surface area contributed by atoms with Crippen molar-refractivity contribution in [3.63, 3.8) is 0 Å². The van der Waals surface area contributed by atoms with Crippen LogP contribution in [0, 0.1) is 0 Å². The maximum absolute atomic E-state index is 11.9. The summed E-state index contributed by atoms with van der Waals surface area (Å²) in [6, 6.07) is 3.70. The predicted octanol–water partition coefficient (Wildman–Crippen LogP) is 1.60. The van der Waals surface area contributed by atoms with Gasteiger partial charge in [0, 0.05) is 18.1 Å². The lowest BCUT2D eigenvalue weighted by Gasteiger charge is -2.13. The fourth-order valence-corrected chi connectivity index (χ4v) is 2.20. The molecule has 2 rings (SSSR count). The highest BCUT2D eigenvalue weighted by molar-refractivity contribution is 7.09. The smallest absolute Gasteiger partial charge is 0.242 e. The minimum Gasteiger partial charge on any atom is -0.371 e. The van der Waals surface area contributed by atoms with E-state index in [2.05, 4.69) is 15.7 Å². The van der Waals surface area contributed by atoms with Gasteiger partial charge in [0.2, 0.25) is 5.91 Å². The second-order valence-electron chi connectivity index (χ2n) is 4.07. The summed E-state index contributed by atoms with van der Waals surface area (Å²) in [6.07, 6.45) is 3.53. The highest BCUT2D eigenvalue weighted by atomic mass is 32.1. The van der Waals surface area contributed by atoms with Gasteiger partial charge in [0.25, 0.3) is 0 Å². The molecular weight excluding hydrogens is 248 g/mol. The molecule has 2 aromatic heterocycles. The van der Waals surface area contributed by atoms with Crippen LogP contribution in [0.2, 0.25) is 0 Å². The SMILES string of the molecule is C[C@H](Nc1cnn(C)c1)C(=O)NCc1cccs1. The van der Waals surface area contributed by atoms with Crippen LogP contribution >= 0.6 is 11.3 Å². The molecule has 5 nitrogen and oxygen atoms in total. The van der Waals surface area contributed by atoms with E-state index in [9.17, 15) is 4.79 Å². The molecule has 0 spiro atoms. The molecule has 0 saturated carbocycles. The summed E-state index contributed by atoms with van der Waals surface area (Å²) in [6.45, 7) is 2.41. The van der Waals surface area contributed by atoms with E-state index in [1.165, 1.54) is 0 Å². The van der Waals surface area contributed by atoms with Gasteiger partial charge < -0.3 is 10.6 Å². The van der Waals surface area contributed by atoms with Crippen LogP contribution < -0.4 is 10.6 Å². The molecule has 0 aliphatic heterocycles. The van der Waals surface area contributed by atoms with E-state index in [0.29, 0.717) is 6.54 Å². The van der Waals surface area contributed by atoms with Crippen molar-refractivity contribution >= 4 is 22.9 Å². The molecule has 0 bridgehead atoms. The molecule has 1 atom stereocenters. The summed E-state index contributed by atoms with van der Waals surface area (Å²) in [4.78, 5) is 13.0. The van der Waals surface area contributed by atoms with Crippen LogP contribution in [0.15, 0.2) is 29.9 Å². The first-order valence-electron chi connectivity index (χ1n) is 5.70. The van der Waals surface area contributed by atoms with Gasteiger partial charge in [0.05, 0.1) is 18.4 Å². The van der Waals surface area contributed by atoms with Crippen molar-refractivity contribution in [1.29, 1.82) is 0 Å². The van der Waals surface area contributed by atoms with Gasteiger partial charge in [-0.15, -0.1) is 11.3 Å². The van der Waals surface area contributed by atoms with Gasteiger partial charge in [-0.25, -0.2) is 0 Å². The molecule has 2 aromatic rings. The van der Waals surface area contributed by atoms with Crippen molar-refractivity contribution < 1.29 is 4.79 Å². The van der Waals surface area contributed by atoms with Crippen molar-refractivity contribution in [3.8, 4) is 0 Å². The van der Waals surface area contributed by atoms with Gasteiger partial charge in [0.15, 0.2) is 0 Å². The molecule has 6 heteroatoms. The zero-order valence-electron chi connectivity index (χ0n) is 10.4. The monoisotopic (exact) mass is 264 g/mol. The van der Waals surface area contributed by atoms with Gasteiger partial charge in [-0.1, -0.05) is 6.07 Å². The zero-order chi connectivity index (χ0) is 13.0. The van der Waals surface area contributed by atoms with E-state index in [4.69, 9.17) is 0 Å². The third kappa shape index (κ3) is 3.33. The molecule has 0 unspecified atom stereocenters. The Hall–Kier alpha value is -1.82. The van der Waals surface area contributed by atoms with Crippen molar-refractivity contribution in [3.05, 3.63) is 34.8 Å². The number of nitrogens with zero attached hydrogens (tertiary/aromatic N) is 2. The van der Waals surface area contributed by atoms with Crippen LogP contribution in [0.1, 0.15) is 11.8 Å². The minimum atomic E-state index is -0.283. The van der Waals surface area contributed by atoms with Gasteiger partial charge in [0.1, 0.15) is 6.04 Å². The normalized spacial score (nSPS) is 12.1. The number of carbonyl (C=O) groups is 1. The molecule has 96 valence electrons. The Morgan fingerprint density at radius 1 is 1.61 bits per heavy atom. The van der Waals surface area contributed by atoms with E-state index >= 15 is 0 Å². The lowest BCUT2D eigenvalue weighted by atomic mass is 10.3. The Bertz CT molecular complexity index is 506. The Morgan fingerprint density at radius 2 is 2.44 bits per heavy atom. The summed E-state index contributed by atoms with van der Waals surface area (Å²) in [5.74, 6) is -0.0211. The quantitative estimate of drug-likeness (QED) is 0.862. The van der Waals surface area contributed by atoms with Crippen LogP contribution in [0.25, 0.3) is 0 Å². The van der Waals surface area contributed by atoms with E-state index in [1.54, 1.807) is 22.2 Å². The molecule has 0 fully saturated rings. The maximum Gasteiger partial charge on any atom is 0.242 e. The summed E-state index contributed by atoms with van der Waals surface area (Å²) in [5, 5.41) is 12.0. The summed E-state index contributed by atoms with van der Waals surface area (Å²) in [7, 11) is 1.84. The number of rotatable bonds is 5. The Kier molecular flexibility index (Phi) is 3.99. The molecule has 0 aliphatic rings. The summed E-state index contributed by atoms with van der Waals surface area (Å²) < 4.78 is 1.69. The van der Waals surface area contributed by atoms with Gasteiger partial charge in [-0.2, -0.15) is 5.10 Å². The highest BCUT2D eigenvalue weighted by Gasteiger charge is 2.12. The number of aryl methyl sites for hydroxylation is 1. The van der Waals surface area contributed by atoms with Crippen LogP contribution in [0.3, 0.4) is 0 Å². The number of nitrogens with one attached hydrogen (secondary N) is 2. The lowest BCUT2D eigenvalue weighted by molar-refractivity contribution is -0.121. The first kappa shape index (κ1) is 12.6. The standard InChI is InChI=1S/C12H16N4OS/c1-9(15-10-6-14-16(2)8-10)12(17)13-7-11-4-3-5-18-11/h3-6,8-9,15H,7H2,1-2H3,(H,13,17)/t9-/m0/s1. The Labute approximate surface area is 110 Å². The van der Waals surface area contributed by atoms with E-state index < -0.39 is 0 Å². The van der Waals surface area contributed by atoms with Crippen molar-refractivity contribution in [2.24, 2.45) is 7.05 Å². The molecular formula is C12H16N4OS. The molecule has 0 aromatic carbocycles. The first-order valence-corrected chi connectivity index (χ1v) is 6.58. The molecule has 2 heterocycles. The fraction of sp³-hybridized carbons (Fsp3) is 0.333. The zero-order valence-corrected chi connectivity index (χ0v) is 11.2. The van der Waals surface area contributed by atoms with Crippen LogP contribution in [0.5, 0.6) is 0 Å². The summed E-state index contributed by atoms with van der Waals surface area (Å²) in [5.41, 5.74) is 0.844. The van der Waals surface area contributed by atoms with Crippen molar-refractivity contribution in [2.45, 2.75) is 19.5 Å². The number of hydrogen-bond donors (Lipinski definition) is 2. The third-order valence-corrected chi connectivity index (χ3v) is 3.37. The van der Waals surface area contributed by atoms with Gasteiger partial charge >= 0.3 is 0 Å². The predicted molar refractivity (Wildman–Crippen MR) is 72.5 cm³/mol. The number of aromatic nitrogens is 2. The second-order valence-corrected chi connectivity index (χ2v) is 5.10. The molecule has 2 N–H and O–H groups in total. The van der Waals surface area contributed by atoms with Gasteiger partial charge in [-0.05, 0) is 18.4 Å². The number of anilines is 1. The first-order chi connectivity index (χ1) is 8.65. The average Bonchev–Trinajstić information content (AvgIpc) is 2.97. The van der Waals surface area contributed by atoms with E-state index in [1.807, 2.05) is 37.7 Å². The van der Waals surface area contributed by atoms with Crippen molar-refractivity contribution in [2.75, 3.05) is 5.32 Å². The molecule has 1 amide bonds. The molecule has 0 radical (unpaired) electrons. The van der Waals surface area contributed by atoms with Crippen molar-refractivity contribution in [1.82, 2.24) is 15.1 Å². The number of thiophene rings is 1. The topological polar surface area (TPSA) is 59.0 Å².